The van der Waals surface area contributed by atoms with Gasteiger partial charge in [0.15, 0.2) is 4.90 Å². The maximum atomic E-state index is 12.9. The molecule has 9 heteroatoms. The van der Waals surface area contributed by atoms with Crippen molar-refractivity contribution >= 4 is 10.0 Å². The highest BCUT2D eigenvalue weighted by molar-refractivity contribution is 7.89. The predicted octanol–water partition coefficient (Wildman–Crippen LogP) is 0.988. The molecule has 1 atom stereocenters. The topological polar surface area (TPSA) is 112 Å². The van der Waals surface area contributed by atoms with Crippen molar-refractivity contribution in [3.63, 3.8) is 0 Å². The third-order valence-electron chi connectivity index (χ3n) is 4.15. The van der Waals surface area contributed by atoms with Gasteiger partial charge in [-0.2, -0.15) is 4.31 Å². The molecule has 1 aliphatic heterocycles. The summed E-state index contributed by atoms with van der Waals surface area (Å²) in [5.41, 5.74) is -0.820. The molecule has 1 fully saturated rings. The second kappa shape index (κ2) is 6.85. The number of aromatic amines is 2. The SMILES string of the molecule is CCOc1ccc([C@H]2CCCN2S(=O)(=O)c2c[nH]c(=O)[nH]c2=O)cc1. The summed E-state index contributed by atoms with van der Waals surface area (Å²) in [6.07, 6.45) is 2.30. The minimum absolute atomic E-state index is 0.318. The van der Waals surface area contributed by atoms with Crippen molar-refractivity contribution < 1.29 is 13.2 Å². The number of nitrogens with zero attached hydrogens (tertiary/aromatic N) is 1. The van der Waals surface area contributed by atoms with Crippen LogP contribution in [-0.4, -0.2) is 35.8 Å². The average Bonchev–Trinajstić information content (AvgIpc) is 3.06. The third kappa shape index (κ3) is 3.38. The lowest BCUT2D eigenvalue weighted by Crippen LogP contribution is -2.36. The number of rotatable bonds is 5. The first-order valence-corrected chi connectivity index (χ1v) is 9.44. The standard InChI is InChI=1S/C16H19N3O5S/c1-2-24-12-7-5-11(6-8-12)13-4-3-9-19(13)25(22,23)14-10-17-16(21)18-15(14)20/h5-8,10,13H,2-4,9H2,1H3,(H2,17,18,20,21)/t13-/m1/s1. The third-order valence-corrected chi connectivity index (χ3v) is 6.06. The minimum Gasteiger partial charge on any atom is -0.494 e. The summed E-state index contributed by atoms with van der Waals surface area (Å²) in [6, 6.07) is 6.91. The minimum atomic E-state index is -4.02. The Morgan fingerprint density at radius 3 is 2.60 bits per heavy atom. The Balaban J connectivity index is 1.95. The molecule has 0 aliphatic carbocycles. The summed E-state index contributed by atoms with van der Waals surface area (Å²) >= 11 is 0. The van der Waals surface area contributed by atoms with Crippen molar-refractivity contribution in [1.29, 1.82) is 0 Å². The molecule has 1 aromatic heterocycles. The lowest BCUT2D eigenvalue weighted by Gasteiger charge is -2.24. The molecule has 2 heterocycles. The summed E-state index contributed by atoms with van der Waals surface area (Å²) in [5.74, 6) is 0.718. The van der Waals surface area contributed by atoms with Crippen molar-refractivity contribution in [2.24, 2.45) is 0 Å². The van der Waals surface area contributed by atoms with Crippen LogP contribution < -0.4 is 16.0 Å². The summed E-state index contributed by atoms with van der Waals surface area (Å²) in [6.45, 7) is 2.76. The first kappa shape index (κ1) is 17.4. The fraction of sp³-hybridized carbons (Fsp3) is 0.375. The zero-order valence-corrected chi connectivity index (χ0v) is 14.5. The van der Waals surface area contributed by atoms with E-state index in [1.165, 1.54) is 4.31 Å². The van der Waals surface area contributed by atoms with E-state index >= 15 is 0 Å². The van der Waals surface area contributed by atoms with E-state index in [2.05, 4.69) is 4.98 Å². The van der Waals surface area contributed by atoms with Crippen LogP contribution in [0.4, 0.5) is 0 Å². The lowest BCUT2D eigenvalue weighted by atomic mass is 10.1. The number of nitrogens with one attached hydrogen (secondary N) is 2. The largest absolute Gasteiger partial charge is 0.494 e. The molecule has 2 N–H and O–H groups in total. The zero-order chi connectivity index (χ0) is 18.0. The average molecular weight is 365 g/mol. The van der Waals surface area contributed by atoms with Crippen molar-refractivity contribution in [3.05, 3.63) is 56.9 Å². The van der Waals surface area contributed by atoms with Crippen LogP contribution in [0, 0.1) is 0 Å². The van der Waals surface area contributed by atoms with Gasteiger partial charge in [0.25, 0.3) is 15.6 Å². The van der Waals surface area contributed by atoms with Gasteiger partial charge < -0.3 is 9.72 Å². The molecule has 8 nitrogen and oxygen atoms in total. The fourth-order valence-corrected chi connectivity index (χ4v) is 4.71. The summed E-state index contributed by atoms with van der Waals surface area (Å²) in [7, 11) is -4.02. The summed E-state index contributed by atoms with van der Waals surface area (Å²) in [5, 5.41) is 0. The number of ether oxygens (including phenoxy) is 1. The molecule has 0 amide bonds. The van der Waals surface area contributed by atoms with Gasteiger partial charge in [0.05, 0.1) is 12.6 Å². The van der Waals surface area contributed by atoms with E-state index in [0.29, 0.717) is 26.0 Å². The number of benzene rings is 1. The maximum absolute atomic E-state index is 12.9. The molecule has 2 aromatic rings. The van der Waals surface area contributed by atoms with Crippen LogP contribution in [0.5, 0.6) is 5.75 Å². The van der Waals surface area contributed by atoms with E-state index in [-0.39, 0.29) is 6.04 Å². The van der Waals surface area contributed by atoms with E-state index in [1.807, 2.05) is 24.0 Å². The van der Waals surface area contributed by atoms with Crippen LogP contribution in [0.2, 0.25) is 0 Å². The molecule has 134 valence electrons. The molecular weight excluding hydrogens is 346 g/mol. The fourth-order valence-electron chi connectivity index (χ4n) is 3.03. The first-order chi connectivity index (χ1) is 11.9. The van der Waals surface area contributed by atoms with E-state index in [9.17, 15) is 18.0 Å². The smallest absolute Gasteiger partial charge is 0.325 e. The molecule has 3 rings (SSSR count). The molecule has 1 saturated heterocycles. The van der Waals surface area contributed by atoms with E-state index in [4.69, 9.17) is 4.74 Å². The first-order valence-electron chi connectivity index (χ1n) is 8.00. The van der Waals surface area contributed by atoms with Crippen molar-refractivity contribution in [1.82, 2.24) is 14.3 Å². The lowest BCUT2D eigenvalue weighted by molar-refractivity contribution is 0.339. The maximum Gasteiger partial charge on any atom is 0.325 e. The van der Waals surface area contributed by atoms with Crippen molar-refractivity contribution in [2.75, 3.05) is 13.2 Å². The normalized spacial score (nSPS) is 18.4. The van der Waals surface area contributed by atoms with Gasteiger partial charge >= 0.3 is 5.69 Å². The highest BCUT2D eigenvalue weighted by Gasteiger charge is 2.37. The van der Waals surface area contributed by atoms with Crippen LogP contribution in [0.3, 0.4) is 0 Å². The Labute approximate surface area is 144 Å². The van der Waals surface area contributed by atoms with E-state index in [0.717, 1.165) is 17.5 Å². The van der Waals surface area contributed by atoms with Gasteiger partial charge in [-0.15, -0.1) is 0 Å². The molecule has 1 aromatic carbocycles. The molecule has 0 spiro atoms. The molecule has 0 bridgehead atoms. The van der Waals surface area contributed by atoms with E-state index in [1.54, 1.807) is 12.1 Å². The predicted molar refractivity (Wildman–Crippen MR) is 91.2 cm³/mol. The number of aromatic nitrogens is 2. The van der Waals surface area contributed by atoms with Crippen LogP contribution in [-0.2, 0) is 10.0 Å². The molecule has 0 radical (unpaired) electrons. The number of H-pyrrole nitrogens is 2. The second-order valence-corrected chi connectivity index (χ2v) is 7.57. The van der Waals surface area contributed by atoms with Gasteiger partial charge in [-0.05, 0) is 37.5 Å². The molecule has 0 saturated carbocycles. The Morgan fingerprint density at radius 1 is 1.24 bits per heavy atom. The van der Waals surface area contributed by atoms with Gasteiger partial charge in [-0.3, -0.25) is 9.78 Å². The van der Waals surface area contributed by atoms with Crippen molar-refractivity contribution in [2.45, 2.75) is 30.7 Å². The summed E-state index contributed by atoms with van der Waals surface area (Å²) in [4.78, 5) is 26.8. The highest BCUT2D eigenvalue weighted by Crippen LogP contribution is 2.36. The Kier molecular flexibility index (Phi) is 4.78. The summed E-state index contributed by atoms with van der Waals surface area (Å²) < 4.78 is 32.5. The van der Waals surface area contributed by atoms with Crippen LogP contribution in [0.25, 0.3) is 0 Å². The molecule has 25 heavy (non-hydrogen) atoms. The van der Waals surface area contributed by atoms with Gasteiger partial charge in [-0.1, -0.05) is 12.1 Å². The van der Waals surface area contributed by atoms with Crippen molar-refractivity contribution in [3.8, 4) is 5.75 Å². The molecule has 0 unspecified atom stereocenters. The Bertz CT molecular complexity index is 962. The zero-order valence-electron chi connectivity index (χ0n) is 13.7. The van der Waals surface area contributed by atoms with Gasteiger partial charge in [0, 0.05) is 12.7 Å². The van der Waals surface area contributed by atoms with Crippen LogP contribution in [0.15, 0.2) is 44.9 Å². The van der Waals surface area contributed by atoms with Gasteiger partial charge in [-0.25, -0.2) is 13.2 Å². The van der Waals surface area contributed by atoms with Gasteiger partial charge in [0.2, 0.25) is 0 Å². The Hall–Kier alpha value is -2.39. The number of hydrogen-bond donors (Lipinski definition) is 2. The molecule has 1 aliphatic rings. The van der Waals surface area contributed by atoms with Gasteiger partial charge in [0.1, 0.15) is 5.75 Å². The quantitative estimate of drug-likeness (QED) is 0.820. The van der Waals surface area contributed by atoms with Crippen LogP contribution in [0.1, 0.15) is 31.4 Å². The molecular formula is C16H19N3O5S. The number of sulfonamides is 1. The van der Waals surface area contributed by atoms with Crippen LogP contribution >= 0.6 is 0 Å². The number of hydrogen-bond acceptors (Lipinski definition) is 5. The monoisotopic (exact) mass is 365 g/mol. The highest BCUT2D eigenvalue weighted by atomic mass is 32.2. The Morgan fingerprint density at radius 2 is 1.96 bits per heavy atom. The second-order valence-electron chi connectivity index (χ2n) is 5.71. The van der Waals surface area contributed by atoms with E-state index < -0.39 is 26.2 Å².